The molecule has 0 amide bonds. The summed E-state index contributed by atoms with van der Waals surface area (Å²) in [6.07, 6.45) is 0. The second-order valence-corrected chi connectivity index (χ2v) is 14.3. The van der Waals surface area contributed by atoms with Crippen molar-refractivity contribution in [3.05, 3.63) is 200 Å². The number of benzene rings is 9. The predicted molar refractivity (Wildman–Crippen MR) is 232 cm³/mol. The molecule has 0 saturated heterocycles. The number of hydrogen-bond acceptors (Lipinski definition) is 3. The summed E-state index contributed by atoms with van der Waals surface area (Å²) in [6.45, 7) is 0. The minimum Gasteiger partial charge on any atom is -0.208 e. The van der Waals surface area contributed by atoms with Gasteiger partial charge >= 0.3 is 0 Å². The van der Waals surface area contributed by atoms with Gasteiger partial charge in [-0.1, -0.05) is 200 Å². The highest BCUT2D eigenvalue weighted by Crippen LogP contribution is 2.49. The molecule has 0 unspecified atom stereocenters. The van der Waals surface area contributed by atoms with Crippen LogP contribution >= 0.6 is 0 Å². The standard InChI is InChI=1S/C53H33N3/c1-3-12-38(13-4-1)51-54-52(39-14-5-2-6-15-39)56-53(55-51)40-30-28-36(29-31-40)43-21-10-17-37-16-9-20-42(49(37)43)35-26-24-34(25-27-35)41-32-33-48-45-19-8-7-18-44(45)47-23-11-22-46(41)50(47)48/h1-33H. The van der Waals surface area contributed by atoms with E-state index in [0.717, 1.165) is 22.3 Å². The zero-order valence-electron chi connectivity index (χ0n) is 30.4. The van der Waals surface area contributed by atoms with Gasteiger partial charge in [-0.2, -0.15) is 0 Å². The van der Waals surface area contributed by atoms with E-state index in [9.17, 15) is 0 Å². The van der Waals surface area contributed by atoms with Gasteiger partial charge in [0, 0.05) is 16.7 Å². The first-order chi connectivity index (χ1) is 27.8. The van der Waals surface area contributed by atoms with Gasteiger partial charge in [-0.25, -0.2) is 15.0 Å². The molecule has 0 radical (unpaired) electrons. The maximum absolute atomic E-state index is 4.95. The molecule has 1 aliphatic rings. The van der Waals surface area contributed by atoms with Gasteiger partial charge < -0.3 is 0 Å². The number of nitrogens with zero attached hydrogens (tertiary/aromatic N) is 3. The summed E-state index contributed by atoms with van der Waals surface area (Å²) in [5.74, 6) is 1.96. The fraction of sp³-hybridized carbons (Fsp3) is 0. The molecule has 0 N–H and O–H groups in total. The van der Waals surface area contributed by atoms with Crippen LogP contribution in [0.2, 0.25) is 0 Å². The third-order valence-electron chi connectivity index (χ3n) is 11.1. The highest BCUT2D eigenvalue weighted by Gasteiger charge is 2.22. The summed E-state index contributed by atoms with van der Waals surface area (Å²) in [4.78, 5) is 14.8. The quantitative estimate of drug-likeness (QED) is 0.172. The topological polar surface area (TPSA) is 38.7 Å². The summed E-state index contributed by atoms with van der Waals surface area (Å²) in [6, 6.07) is 71.2. The van der Waals surface area contributed by atoms with Crippen LogP contribution in [0.15, 0.2) is 200 Å². The molecule has 10 aromatic rings. The first-order valence-electron chi connectivity index (χ1n) is 19.0. The van der Waals surface area contributed by atoms with Crippen molar-refractivity contribution < 1.29 is 0 Å². The molecule has 0 aliphatic heterocycles. The molecule has 1 aromatic heterocycles. The van der Waals surface area contributed by atoms with E-state index in [1.54, 1.807) is 0 Å². The summed E-state index contributed by atoms with van der Waals surface area (Å²) in [7, 11) is 0. The fourth-order valence-electron chi connectivity index (χ4n) is 8.45. The number of rotatable bonds is 6. The lowest BCUT2D eigenvalue weighted by Crippen LogP contribution is -2.00. The number of aromatic nitrogens is 3. The summed E-state index contributed by atoms with van der Waals surface area (Å²) in [5.41, 5.74) is 15.3. The van der Waals surface area contributed by atoms with Gasteiger partial charge in [-0.05, 0) is 77.2 Å². The third kappa shape index (κ3) is 5.32. The van der Waals surface area contributed by atoms with Crippen LogP contribution in [0, 0.1) is 0 Å². The van der Waals surface area contributed by atoms with Crippen molar-refractivity contribution in [1.29, 1.82) is 0 Å². The van der Waals surface area contributed by atoms with Crippen molar-refractivity contribution in [2.24, 2.45) is 0 Å². The first-order valence-corrected chi connectivity index (χ1v) is 19.0. The minimum absolute atomic E-state index is 0.646. The van der Waals surface area contributed by atoms with E-state index in [4.69, 9.17) is 15.0 Å². The van der Waals surface area contributed by atoms with Gasteiger partial charge in [-0.3, -0.25) is 0 Å². The van der Waals surface area contributed by atoms with Crippen LogP contribution in [0.1, 0.15) is 0 Å². The van der Waals surface area contributed by atoms with Crippen molar-refractivity contribution in [3.8, 4) is 89.8 Å². The second-order valence-electron chi connectivity index (χ2n) is 14.3. The summed E-state index contributed by atoms with van der Waals surface area (Å²) in [5, 5.41) is 5.09. The minimum atomic E-state index is 0.646. The van der Waals surface area contributed by atoms with Crippen molar-refractivity contribution in [3.63, 3.8) is 0 Å². The smallest absolute Gasteiger partial charge is 0.164 e. The molecule has 260 valence electrons. The van der Waals surface area contributed by atoms with Gasteiger partial charge in [0.1, 0.15) is 0 Å². The van der Waals surface area contributed by atoms with Crippen LogP contribution in [-0.2, 0) is 0 Å². The lowest BCUT2D eigenvalue weighted by molar-refractivity contribution is 1.07. The van der Waals surface area contributed by atoms with Crippen LogP contribution in [0.5, 0.6) is 0 Å². The lowest BCUT2D eigenvalue weighted by Gasteiger charge is -2.14. The van der Waals surface area contributed by atoms with E-state index in [2.05, 4.69) is 140 Å². The van der Waals surface area contributed by atoms with E-state index in [1.165, 1.54) is 71.6 Å². The van der Waals surface area contributed by atoms with Crippen LogP contribution in [0.3, 0.4) is 0 Å². The van der Waals surface area contributed by atoms with Crippen molar-refractivity contribution in [2.45, 2.75) is 0 Å². The maximum Gasteiger partial charge on any atom is 0.164 e. The highest BCUT2D eigenvalue weighted by molar-refractivity contribution is 6.18. The van der Waals surface area contributed by atoms with E-state index in [0.29, 0.717) is 17.5 Å². The molecule has 56 heavy (non-hydrogen) atoms. The largest absolute Gasteiger partial charge is 0.208 e. The van der Waals surface area contributed by atoms with E-state index >= 15 is 0 Å². The molecular formula is C53H33N3. The summed E-state index contributed by atoms with van der Waals surface area (Å²) < 4.78 is 0. The monoisotopic (exact) mass is 711 g/mol. The normalized spacial score (nSPS) is 11.6. The zero-order valence-corrected chi connectivity index (χ0v) is 30.4. The van der Waals surface area contributed by atoms with Gasteiger partial charge in [-0.15, -0.1) is 0 Å². The van der Waals surface area contributed by atoms with Crippen molar-refractivity contribution in [1.82, 2.24) is 15.0 Å². The van der Waals surface area contributed by atoms with Gasteiger partial charge in [0.05, 0.1) is 0 Å². The molecule has 9 aromatic carbocycles. The molecular weight excluding hydrogens is 679 g/mol. The third-order valence-corrected chi connectivity index (χ3v) is 11.1. The average Bonchev–Trinajstić information content (AvgIpc) is 3.61. The fourth-order valence-corrected chi connectivity index (χ4v) is 8.45. The van der Waals surface area contributed by atoms with E-state index < -0.39 is 0 Å². The Bertz CT molecular complexity index is 3000. The molecule has 0 spiro atoms. The van der Waals surface area contributed by atoms with Gasteiger partial charge in [0.15, 0.2) is 17.5 Å². The Morgan fingerprint density at radius 1 is 0.214 bits per heavy atom. The van der Waals surface area contributed by atoms with Crippen LogP contribution in [0.4, 0.5) is 0 Å². The van der Waals surface area contributed by atoms with Gasteiger partial charge in [0.25, 0.3) is 0 Å². The Morgan fingerprint density at radius 2 is 0.589 bits per heavy atom. The van der Waals surface area contributed by atoms with Crippen molar-refractivity contribution in [2.75, 3.05) is 0 Å². The number of fused-ring (bicyclic) bond motifs is 4. The Morgan fingerprint density at radius 3 is 1.12 bits per heavy atom. The predicted octanol–water partition coefficient (Wildman–Crippen LogP) is 13.8. The Hall–Kier alpha value is -7.49. The molecule has 3 heteroatoms. The molecule has 0 saturated carbocycles. The molecule has 11 rings (SSSR count). The van der Waals surface area contributed by atoms with E-state index in [1.807, 2.05) is 60.7 Å². The molecule has 0 atom stereocenters. The van der Waals surface area contributed by atoms with Crippen LogP contribution in [0.25, 0.3) is 111 Å². The maximum atomic E-state index is 4.95. The Balaban J connectivity index is 0.964. The van der Waals surface area contributed by atoms with Crippen molar-refractivity contribution >= 4 is 21.5 Å². The van der Waals surface area contributed by atoms with E-state index in [-0.39, 0.29) is 0 Å². The second kappa shape index (κ2) is 13.1. The zero-order chi connectivity index (χ0) is 37.0. The molecule has 1 heterocycles. The van der Waals surface area contributed by atoms with Crippen LogP contribution < -0.4 is 0 Å². The Kier molecular flexibility index (Phi) is 7.49. The Labute approximate surface area is 325 Å². The molecule has 1 aliphatic carbocycles. The SMILES string of the molecule is c1ccc(-c2nc(-c3ccccc3)nc(-c3ccc(-c4cccc5cccc(-c6ccc(-c7ccc8c9c(cccc79)-c7ccccc7-8)cc6)c45)cc3)n2)cc1. The average molecular weight is 712 g/mol. The molecule has 3 nitrogen and oxygen atoms in total. The summed E-state index contributed by atoms with van der Waals surface area (Å²) >= 11 is 0. The number of hydrogen-bond donors (Lipinski definition) is 0. The highest BCUT2D eigenvalue weighted by atomic mass is 15.0. The van der Waals surface area contributed by atoms with Gasteiger partial charge in [0.2, 0.25) is 0 Å². The molecule has 0 fully saturated rings. The first kappa shape index (κ1) is 32.0. The van der Waals surface area contributed by atoms with Crippen LogP contribution in [-0.4, -0.2) is 15.0 Å². The lowest BCUT2D eigenvalue weighted by atomic mass is 9.90. The molecule has 0 bridgehead atoms.